The van der Waals surface area contributed by atoms with Gasteiger partial charge >= 0.3 is 0 Å². The number of halogens is 2. The van der Waals surface area contributed by atoms with Gasteiger partial charge in [-0.05, 0) is 103 Å². The van der Waals surface area contributed by atoms with Crippen LogP contribution in [0.5, 0.6) is 0 Å². The molecule has 0 unspecified atom stereocenters. The third-order valence-electron chi connectivity index (χ3n) is 7.23. The second-order valence-corrected chi connectivity index (χ2v) is 14.6. The smallest absolute Gasteiger partial charge is 0.261 e. The van der Waals surface area contributed by atoms with Crippen LogP contribution in [0.4, 0.5) is 10.1 Å². The van der Waals surface area contributed by atoms with Gasteiger partial charge in [0, 0.05) is 5.02 Å². The van der Waals surface area contributed by atoms with Gasteiger partial charge in [0.25, 0.3) is 10.0 Å². The minimum atomic E-state index is -3.93. The topological polar surface area (TPSA) is 80.3 Å². The fourth-order valence-electron chi connectivity index (χ4n) is 5.03. The molecule has 1 saturated carbocycles. The molecule has 1 aliphatic carbocycles. The summed E-state index contributed by atoms with van der Waals surface area (Å²) >= 11 is 5.90. The third kappa shape index (κ3) is 6.77. The highest BCUT2D eigenvalue weighted by molar-refractivity contribution is 7.92. The van der Waals surface area contributed by atoms with E-state index in [-0.39, 0.29) is 39.1 Å². The average molecular weight is 578 g/mol. The zero-order valence-corrected chi connectivity index (χ0v) is 23.9. The van der Waals surface area contributed by atoms with E-state index < -0.39 is 19.9 Å². The third-order valence-corrected chi connectivity index (χ3v) is 10.6. The van der Waals surface area contributed by atoms with Crippen molar-refractivity contribution in [2.45, 2.75) is 67.6 Å². The largest absolute Gasteiger partial charge is 0.279 e. The molecule has 0 saturated heterocycles. The van der Waals surface area contributed by atoms with Gasteiger partial charge in [-0.1, -0.05) is 49.7 Å². The summed E-state index contributed by atoms with van der Waals surface area (Å²) in [5.41, 5.74) is 2.08. The van der Waals surface area contributed by atoms with Crippen molar-refractivity contribution in [3.05, 3.63) is 88.7 Å². The Hall–Kier alpha value is -2.42. The molecule has 0 aromatic heterocycles. The predicted molar refractivity (Wildman–Crippen MR) is 151 cm³/mol. The lowest BCUT2D eigenvalue weighted by atomic mass is 9.76. The number of sulfonamides is 1. The van der Waals surface area contributed by atoms with Crippen molar-refractivity contribution >= 4 is 37.1 Å². The predicted octanol–water partition coefficient (Wildman–Crippen LogP) is 7.54. The van der Waals surface area contributed by atoms with Crippen molar-refractivity contribution < 1.29 is 21.2 Å². The van der Waals surface area contributed by atoms with Crippen molar-refractivity contribution in [3.8, 4) is 0 Å². The monoisotopic (exact) mass is 577 g/mol. The first kappa shape index (κ1) is 28.6. The molecule has 3 aromatic carbocycles. The van der Waals surface area contributed by atoms with E-state index in [4.69, 9.17) is 11.6 Å². The molecule has 5 nitrogen and oxygen atoms in total. The fourth-order valence-corrected chi connectivity index (χ4v) is 7.85. The summed E-state index contributed by atoms with van der Waals surface area (Å²) in [4.78, 5) is 0.114. The number of hydrogen-bond acceptors (Lipinski definition) is 4. The number of anilines is 1. The fraction of sp³-hybridized carbons (Fsp3) is 0.379. The van der Waals surface area contributed by atoms with E-state index in [1.54, 1.807) is 24.3 Å². The number of rotatable bonds is 9. The van der Waals surface area contributed by atoms with E-state index in [9.17, 15) is 21.2 Å². The van der Waals surface area contributed by atoms with Crippen molar-refractivity contribution in [2.24, 2.45) is 5.92 Å². The second kappa shape index (κ2) is 11.8. The van der Waals surface area contributed by atoms with Gasteiger partial charge in [0.15, 0.2) is 9.84 Å². The van der Waals surface area contributed by atoms with E-state index >= 15 is 0 Å². The lowest BCUT2D eigenvalue weighted by Crippen LogP contribution is -2.18. The molecule has 1 fully saturated rings. The number of para-hydroxylation sites is 1. The Morgan fingerprint density at radius 1 is 0.842 bits per heavy atom. The van der Waals surface area contributed by atoms with Crippen LogP contribution >= 0.6 is 11.6 Å². The van der Waals surface area contributed by atoms with Crippen LogP contribution < -0.4 is 4.72 Å². The molecule has 4 rings (SSSR count). The Morgan fingerprint density at radius 2 is 1.42 bits per heavy atom. The van der Waals surface area contributed by atoms with Crippen molar-refractivity contribution in [2.75, 3.05) is 10.5 Å². The zero-order chi connectivity index (χ0) is 27.5. The Bertz CT molecular complexity index is 1480. The van der Waals surface area contributed by atoms with Crippen molar-refractivity contribution in [3.63, 3.8) is 0 Å². The summed E-state index contributed by atoms with van der Waals surface area (Å²) in [5, 5.41) is 0.378. The van der Waals surface area contributed by atoms with Gasteiger partial charge < -0.3 is 0 Å². The molecule has 9 heteroatoms. The summed E-state index contributed by atoms with van der Waals surface area (Å²) in [6, 6.07) is 17.5. The summed E-state index contributed by atoms with van der Waals surface area (Å²) in [6.45, 7) is 3.92. The van der Waals surface area contributed by atoms with Gasteiger partial charge in [-0.3, -0.25) is 4.72 Å². The molecule has 0 bridgehead atoms. The van der Waals surface area contributed by atoms with E-state index in [1.807, 2.05) is 26.0 Å². The first-order valence-corrected chi connectivity index (χ1v) is 16.4. The molecule has 0 spiro atoms. The van der Waals surface area contributed by atoms with Crippen LogP contribution in [0.3, 0.4) is 0 Å². The van der Waals surface area contributed by atoms with Crippen LogP contribution in [0.1, 0.15) is 68.9 Å². The maximum absolute atomic E-state index is 14.4. The van der Waals surface area contributed by atoms with Gasteiger partial charge in [0.1, 0.15) is 5.82 Å². The maximum Gasteiger partial charge on any atom is 0.261 e. The number of nitrogens with one attached hydrogen (secondary N) is 1. The van der Waals surface area contributed by atoms with Crippen molar-refractivity contribution in [1.82, 2.24) is 0 Å². The summed E-state index contributed by atoms with van der Waals surface area (Å²) in [6.07, 6.45) is 3.72. The van der Waals surface area contributed by atoms with E-state index in [0.29, 0.717) is 22.7 Å². The first-order chi connectivity index (χ1) is 18.0. The summed E-state index contributed by atoms with van der Waals surface area (Å²) in [5.74, 6) is 0.224. The highest BCUT2D eigenvalue weighted by Crippen LogP contribution is 2.43. The molecule has 0 radical (unpaired) electrons. The Balaban J connectivity index is 1.47. The molecule has 0 heterocycles. The standard InChI is InChI=1S/C29H33ClFNO4S2/c1-20(2)17-18-37(33,34)24-12-14-25(15-13-24)38(35,36)32-29-6-4-3-5-27(29)22-9-7-21(8-10-22)26-16-11-23(30)19-28(26)31/h3-6,11-16,19-22,32H,7-10,17-18H2,1-2H3. The van der Waals surface area contributed by atoms with Crippen molar-refractivity contribution in [1.29, 1.82) is 0 Å². The Labute approximate surface area is 230 Å². The maximum atomic E-state index is 14.4. The Kier molecular flexibility index (Phi) is 8.85. The summed E-state index contributed by atoms with van der Waals surface area (Å²) < 4.78 is 68.7. The molecule has 1 N–H and O–H groups in total. The van der Waals surface area contributed by atoms with Gasteiger partial charge in [0.05, 0.1) is 21.2 Å². The Morgan fingerprint density at radius 3 is 2.03 bits per heavy atom. The van der Waals surface area contributed by atoms with E-state index in [1.165, 1.54) is 30.3 Å². The van der Waals surface area contributed by atoms with E-state index in [2.05, 4.69) is 4.72 Å². The number of hydrogen-bond donors (Lipinski definition) is 1. The SMILES string of the molecule is CC(C)CCS(=O)(=O)c1ccc(S(=O)(=O)Nc2ccccc2C2CCC(c3ccc(Cl)cc3F)CC2)cc1. The molecule has 1 aliphatic rings. The number of sulfone groups is 1. The molecule has 0 aliphatic heterocycles. The molecular weight excluding hydrogens is 545 g/mol. The average Bonchev–Trinajstić information content (AvgIpc) is 2.88. The highest BCUT2D eigenvalue weighted by atomic mass is 35.5. The normalized spacial score (nSPS) is 18.4. The minimum Gasteiger partial charge on any atom is -0.279 e. The van der Waals surface area contributed by atoms with Gasteiger partial charge in [-0.2, -0.15) is 0 Å². The minimum absolute atomic E-state index is 0.00275. The van der Waals surface area contributed by atoms with Gasteiger partial charge in [0.2, 0.25) is 0 Å². The van der Waals surface area contributed by atoms with Crippen LogP contribution in [0.25, 0.3) is 0 Å². The van der Waals surface area contributed by atoms with Crippen LogP contribution in [0.15, 0.2) is 76.5 Å². The van der Waals surface area contributed by atoms with Crippen LogP contribution in [-0.2, 0) is 19.9 Å². The molecule has 3 aromatic rings. The van der Waals surface area contributed by atoms with Crippen LogP contribution in [0.2, 0.25) is 5.02 Å². The lowest BCUT2D eigenvalue weighted by Gasteiger charge is -2.30. The van der Waals surface area contributed by atoms with Crippen LogP contribution in [-0.4, -0.2) is 22.6 Å². The molecular formula is C29H33ClFNO4S2. The summed E-state index contributed by atoms with van der Waals surface area (Å²) in [7, 11) is -7.41. The van der Waals surface area contributed by atoms with Gasteiger partial charge in [-0.25, -0.2) is 21.2 Å². The highest BCUT2D eigenvalue weighted by Gasteiger charge is 2.28. The quantitative estimate of drug-likeness (QED) is 0.285. The molecule has 0 atom stereocenters. The molecule has 204 valence electrons. The first-order valence-electron chi connectivity index (χ1n) is 12.9. The van der Waals surface area contributed by atoms with E-state index in [0.717, 1.165) is 31.2 Å². The zero-order valence-electron chi connectivity index (χ0n) is 21.5. The lowest BCUT2D eigenvalue weighted by molar-refractivity contribution is 0.388. The molecule has 38 heavy (non-hydrogen) atoms. The second-order valence-electron chi connectivity index (χ2n) is 10.4. The molecule has 0 amide bonds. The number of benzene rings is 3. The van der Waals surface area contributed by atoms with Gasteiger partial charge in [-0.15, -0.1) is 0 Å². The van der Waals surface area contributed by atoms with Crippen LogP contribution in [0, 0.1) is 11.7 Å².